The van der Waals surface area contributed by atoms with Gasteiger partial charge in [-0.25, -0.2) is 0 Å². The molecule has 1 N–H and O–H groups in total. The minimum atomic E-state index is 0.130. The van der Waals surface area contributed by atoms with Crippen LogP contribution in [0.15, 0.2) is 24.3 Å². The van der Waals surface area contributed by atoms with Gasteiger partial charge in [0.2, 0.25) is 5.91 Å². The molecule has 0 aliphatic heterocycles. The van der Waals surface area contributed by atoms with E-state index in [0.29, 0.717) is 13.0 Å². The lowest BCUT2D eigenvalue weighted by Crippen LogP contribution is -2.22. The maximum Gasteiger partial charge on any atom is 0.221 e. The summed E-state index contributed by atoms with van der Waals surface area (Å²) in [5.41, 5.74) is 2.39. The van der Waals surface area contributed by atoms with Crippen molar-refractivity contribution >= 4 is 17.7 Å². The highest BCUT2D eigenvalue weighted by Crippen LogP contribution is 2.02. The first kappa shape index (κ1) is 12.1. The molecule has 1 aromatic carbocycles. The smallest absolute Gasteiger partial charge is 0.221 e. The number of amides is 1. The van der Waals surface area contributed by atoms with E-state index >= 15 is 0 Å². The van der Waals surface area contributed by atoms with E-state index in [1.165, 1.54) is 5.56 Å². The Morgan fingerprint density at radius 3 is 2.60 bits per heavy atom. The van der Waals surface area contributed by atoms with E-state index < -0.39 is 0 Å². The summed E-state index contributed by atoms with van der Waals surface area (Å²) in [6.45, 7) is 2.69. The van der Waals surface area contributed by atoms with Gasteiger partial charge in [0, 0.05) is 18.7 Å². The first-order valence-electron chi connectivity index (χ1n) is 5.03. The molecule has 3 heteroatoms. The molecule has 2 nitrogen and oxygen atoms in total. The molecule has 0 spiro atoms. The van der Waals surface area contributed by atoms with Crippen LogP contribution in [0.4, 0.5) is 0 Å². The van der Waals surface area contributed by atoms with E-state index in [2.05, 4.69) is 24.4 Å². The molecule has 0 bridgehead atoms. The summed E-state index contributed by atoms with van der Waals surface area (Å²) in [4.78, 5) is 11.3. The summed E-state index contributed by atoms with van der Waals surface area (Å²) >= 11 is 1.69. The van der Waals surface area contributed by atoms with Crippen LogP contribution in [0.25, 0.3) is 0 Å². The molecule has 1 rings (SSSR count). The number of carbonyl (C=O) groups is 1. The van der Waals surface area contributed by atoms with Crippen molar-refractivity contribution in [1.82, 2.24) is 5.32 Å². The molecular formula is C12H17NOS. The topological polar surface area (TPSA) is 29.1 Å². The van der Waals surface area contributed by atoms with Crippen molar-refractivity contribution < 1.29 is 4.79 Å². The zero-order chi connectivity index (χ0) is 11.1. The Morgan fingerprint density at radius 1 is 1.33 bits per heavy atom. The summed E-state index contributed by atoms with van der Waals surface area (Å²) in [6.07, 6.45) is 2.61. The number of thioether (sulfide) groups is 1. The summed E-state index contributed by atoms with van der Waals surface area (Å²) in [5, 5.41) is 2.90. The normalized spacial score (nSPS) is 10.0. The summed E-state index contributed by atoms with van der Waals surface area (Å²) in [7, 11) is 0. The van der Waals surface area contributed by atoms with Crippen molar-refractivity contribution in [2.24, 2.45) is 0 Å². The second kappa shape index (κ2) is 6.51. The maximum atomic E-state index is 11.3. The Morgan fingerprint density at radius 2 is 2.00 bits per heavy atom. The molecule has 0 heterocycles. The highest BCUT2D eigenvalue weighted by molar-refractivity contribution is 7.98. The summed E-state index contributed by atoms with van der Waals surface area (Å²) < 4.78 is 0. The molecule has 82 valence electrons. The van der Waals surface area contributed by atoms with E-state index in [1.54, 1.807) is 11.8 Å². The van der Waals surface area contributed by atoms with E-state index in [0.717, 1.165) is 11.3 Å². The molecule has 0 radical (unpaired) electrons. The third-order valence-corrected chi connectivity index (χ3v) is 2.76. The van der Waals surface area contributed by atoms with Gasteiger partial charge in [-0.2, -0.15) is 11.8 Å². The van der Waals surface area contributed by atoms with Crippen molar-refractivity contribution in [2.45, 2.75) is 19.9 Å². The maximum absolute atomic E-state index is 11.3. The van der Waals surface area contributed by atoms with Gasteiger partial charge in [-0.3, -0.25) is 4.79 Å². The van der Waals surface area contributed by atoms with Crippen LogP contribution in [-0.4, -0.2) is 17.9 Å². The van der Waals surface area contributed by atoms with Crippen LogP contribution >= 0.6 is 11.8 Å². The van der Waals surface area contributed by atoms with Gasteiger partial charge in [0.05, 0.1) is 0 Å². The van der Waals surface area contributed by atoms with E-state index in [4.69, 9.17) is 0 Å². The highest BCUT2D eigenvalue weighted by Gasteiger charge is 1.99. The molecule has 0 saturated heterocycles. The van der Waals surface area contributed by atoms with Crippen molar-refractivity contribution in [1.29, 1.82) is 0 Å². The number of rotatable bonds is 5. The number of hydrogen-bond acceptors (Lipinski definition) is 2. The molecule has 0 atom stereocenters. The van der Waals surface area contributed by atoms with Crippen molar-refractivity contribution in [3.63, 3.8) is 0 Å². The molecule has 0 aliphatic carbocycles. The Hall–Kier alpha value is -0.960. The number of hydrogen-bond donors (Lipinski definition) is 1. The van der Waals surface area contributed by atoms with E-state index in [-0.39, 0.29) is 5.91 Å². The molecule has 0 aliphatic rings. The highest BCUT2D eigenvalue weighted by atomic mass is 32.2. The third-order valence-electron chi connectivity index (χ3n) is 2.14. The van der Waals surface area contributed by atoms with Crippen molar-refractivity contribution in [3.05, 3.63) is 35.4 Å². The van der Waals surface area contributed by atoms with Gasteiger partial charge in [-0.15, -0.1) is 0 Å². The minimum Gasteiger partial charge on any atom is -0.352 e. The number of carbonyl (C=O) groups excluding carboxylic acids is 1. The van der Waals surface area contributed by atoms with Gasteiger partial charge >= 0.3 is 0 Å². The zero-order valence-corrected chi connectivity index (χ0v) is 10.1. The molecule has 0 saturated carbocycles. The molecule has 1 aromatic rings. The van der Waals surface area contributed by atoms with Crippen LogP contribution in [0, 0.1) is 6.92 Å². The fourth-order valence-electron chi connectivity index (χ4n) is 1.19. The van der Waals surface area contributed by atoms with Gasteiger partial charge in [-0.05, 0) is 18.7 Å². The van der Waals surface area contributed by atoms with E-state index in [9.17, 15) is 4.79 Å². The lowest BCUT2D eigenvalue weighted by molar-refractivity contribution is -0.120. The Bertz CT molecular complexity index is 308. The number of benzene rings is 1. The Labute approximate surface area is 95.5 Å². The van der Waals surface area contributed by atoms with Crippen LogP contribution in [0.2, 0.25) is 0 Å². The van der Waals surface area contributed by atoms with Crippen molar-refractivity contribution in [2.75, 3.05) is 12.0 Å². The van der Waals surface area contributed by atoms with Gasteiger partial charge in [0.1, 0.15) is 0 Å². The molecule has 15 heavy (non-hydrogen) atoms. The number of aryl methyl sites for hydroxylation is 1. The van der Waals surface area contributed by atoms with Gasteiger partial charge in [0.25, 0.3) is 0 Å². The molecule has 0 aromatic heterocycles. The largest absolute Gasteiger partial charge is 0.352 e. The number of nitrogens with one attached hydrogen (secondary N) is 1. The van der Waals surface area contributed by atoms with Gasteiger partial charge in [0.15, 0.2) is 0 Å². The average Bonchev–Trinajstić information content (AvgIpc) is 2.25. The first-order valence-corrected chi connectivity index (χ1v) is 6.43. The third kappa shape index (κ3) is 4.88. The van der Waals surface area contributed by atoms with Gasteiger partial charge in [-0.1, -0.05) is 29.8 Å². The fraction of sp³-hybridized carbons (Fsp3) is 0.417. The predicted octanol–water partition coefficient (Wildman–Crippen LogP) is 2.36. The quantitative estimate of drug-likeness (QED) is 0.830. The molecule has 0 fully saturated rings. The minimum absolute atomic E-state index is 0.130. The van der Waals surface area contributed by atoms with Crippen LogP contribution in [-0.2, 0) is 11.3 Å². The average molecular weight is 223 g/mol. The molecule has 0 unspecified atom stereocenters. The zero-order valence-electron chi connectivity index (χ0n) is 9.25. The predicted molar refractivity (Wildman–Crippen MR) is 66.0 cm³/mol. The second-order valence-corrected chi connectivity index (χ2v) is 4.49. The van der Waals surface area contributed by atoms with Crippen LogP contribution < -0.4 is 5.32 Å². The molecular weight excluding hydrogens is 206 g/mol. The monoisotopic (exact) mass is 223 g/mol. The fourth-order valence-corrected chi connectivity index (χ4v) is 1.58. The van der Waals surface area contributed by atoms with Crippen molar-refractivity contribution in [3.8, 4) is 0 Å². The Kier molecular flexibility index (Phi) is 5.26. The lowest BCUT2D eigenvalue weighted by Gasteiger charge is -2.04. The second-order valence-electron chi connectivity index (χ2n) is 3.51. The SMILES string of the molecule is CSCCC(=O)NCc1ccc(C)cc1. The first-order chi connectivity index (χ1) is 7.22. The standard InChI is InChI=1S/C12H17NOS/c1-10-3-5-11(6-4-10)9-13-12(14)7-8-15-2/h3-6H,7-9H2,1-2H3,(H,13,14). The van der Waals surface area contributed by atoms with Crippen LogP contribution in [0.1, 0.15) is 17.5 Å². The lowest BCUT2D eigenvalue weighted by atomic mass is 10.1. The van der Waals surface area contributed by atoms with Crippen LogP contribution in [0.5, 0.6) is 0 Å². The van der Waals surface area contributed by atoms with E-state index in [1.807, 2.05) is 18.4 Å². The Balaban J connectivity index is 2.30. The summed E-state index contributed by atoms with van der Waals surface area (Å²) in [5.74, 6) is 1.02. The summed E-state index contributed by atoms with van der Waals surface area (Å²) in [6, 6.07) is 8.21. The van der Waals surface area contributed by atoms with Crippen LogP contribution in [0.3, 0.4) is 0 Å². The van der Waals surface area contributed by atoms with Gasteiger partial charge < -0.3 is 5.32 Å². The molecule has 1 amide bonds.